The first-order valence-electron chi connectivity index (χ1n) is 13.8. The number of hydrogen-bond donors (Lipinski definition) is 0. The van der Waals surface area contributed by atoms with Gasteiger partial charge < -0.3 is 4.74 Å². The Morgan fingerprint density at radius 1 is 0.795 bits per heavy atom. The Bertz CT molecular complexity index is 1940. The van der Waals surface area contributed by atoms with Crippen LogP contribution < -0.4 is 14.7 Å². The van der Waals surface area contributed by atoms with Crippen molar-refractivity contribution in [3.8, 4) is 5.75 Å². The second-order valence-corrected chi connectivity index (χ2v) is 10.4. The molecule has 2 heterocycles. The van der Waals surface area contributed by atoms with Crippen molar-refractivity contribution in [1.82, 2.24) is 0 Å². The molecule has 0 unspecified atom stereocenters. The number of amides is 2. The SMILES string of the molecule is O=C(Oc1ccc([C@H]2[C@@H]3C(=O)N(c4cccc5ccccc45)C(=O)[C@H]3ON2c2cccc([N+](=O)[O-])c2)cc1)c1ccccc1. The number of fused-ring (bicyclic) bond motifs is 2. The molecule has 2 aliphatic heterocycles. The molecule has 3 atom stereocenters. The van der Waals surface area contributed by atoms with Crippen LogP contribution in [0.5, 0.6) is 5.75 Å². The smallest absolute Gasteiger partial charge is 0.343 e. The molecule has 7 rings (SSSR count). The van der Waals surface area contributed by atoms with Crippen LogP contribution in [-0.4, -0.2) is 28.8 Å². The Kier molecular flexibility index (Phi) is 6.60. The molecule has 10 heteroatoms. The third-order valence-electron chi connectivity index (χ3n) is 7.86. The maximum atomic E-state index is 14.2. The number of carbonyl (C=O) groups excluding carboxylic acids is 3. The Balaban J connectivity index is 1.27. The molecular formula is C34H23N3O7. The first-order chi connectivity index (χ1) is 21.4. The summed E-state index contributed by atoms with van der Waals surface area (Å²) < 4.78 is 5.52. The number of rotatable bonds is 6. The summed E-state index contributed by atoms with van der Waals surface area (Å²) in [5.74, 6) is -2.18. The molecule has 0 radical (unpaired) electrons. The number of anilines is 2. The lowest BCUT2D eigenvalue weighted by Gasteiger charge is -2.29. The Morgan fingerprint density at radius 3 is 2.27 bits per heavy atom. The highest BCUT2D eigenvalue weighted by molar-refractivity contribution is 6.26. The highest BCUT2D eigenvalue weighted by Crippen LogP contribution is 2.48. The first-order valence-corrected chi connectivity index (χ1v) is 13.8. The van der Waals surface area contributed by atoms with E-state index in [1.807, 2.05) is 30.3 Å². The summed E-state index contributed by atoms with van der Waals surface area (Å²) in [6, 6.07) is 33.0. The topological polar surface area (TPSA) is 119 Å². The number of hydroxylamine groups is 1. The Hall–Kier alpha value is -5.87. The number of esters is 1. The maximum absolute atomic E-state index is 14.2. The Labute approximate surface area is 250 Å². The van der Waals surface area contributed by atoms with E-state index in [9.17, 15) is 24.5 Å². The number of carbonyl (C=O) groups is 3. The van der Waals surface area contributed by atoms with Crippen LogP contribution in [0.15, 0.2) is 121 Å². The van der Waals surface area contributed by atoms with Crippen LogP contribution in [0.25, 0.3) is 10.8 Å². The minimum Gasteiger partial charge on any atom is -0.423 e. The number of nitrogens with zero attached hydrogens (tertiary/aromatic N) is 3. The van der Waals surface area contributed by atoms with Crippen LogP contribution in [-0.2, 0) is 14.4 Å². The molecule has 10 nitrogen and oxygen atoms in total. The fourth-order valence-corrected chi connectivity index (χ4v) is 5.83. The molecule has 44 heavy (non-hydrogen) atoms. The van der Waals surface area contributed by atoms with Crippen molar-refractivity contribution in [2.24, 2.45) is 5.92 Å². The van der Waals surface area contributed by atoms with Crippen molar-refractivity contribution in [3.05, 3.63) is 143 Å². The van der Waals surface area contributed by atoms with E-state index in [2.05, 4.69) is 0 Å². The molecule has 2 amide bonds. The van der Waals surface area contributed by atoms with Gasteiger partial charge in [-0.1, -0.05) is 72.8 Å². The molecule has 2 aliphatic rings. The predicted octanol–water partition coefficient (Wildman–Crippen LogP) is 6.02. The van der Waals surface area contributed by atoms with E-state index in [-0.39, 0.29) is 11.4 Å². The summed E-state index contributed by atoms with van der Waals surface area (Å²) >= 11 is 0. The lowest BCUT2D eigenvalue weighted by atomic mass is 9.90. The predicted molar refractivity (Wildman–Crippen MR) is 161 cm³/mol. The van der Waals surface area contributed by atoms with Gasteiger partial charge in [0.1, 0.15) is 11.7 Å². The molecule has 0 saturated carbocycles. The molecule has 2 fully saturated rings. The van der Waals surface area contributed by atoms with Crippen molar-refractivity contribution in [3.63, 3.8) is 0 Å². The van der Waals surface area contributed by atoms with Crippen molar-refractivity contribution in [2.75, 3.05) is 9.96 Å². The summed E-state index contributed by atoms with van der Waals surface area (Å²) in [5.41, 5.74) is 1.59. The van der Waals surface area contributed by atoms with E-state index in [4.69, 9.17) is 9.57 Å². The minimum absolute atomic E-state index is 0.167. The van der Waals surface area contributed by atoms with Crippen molar-refractivity contribution in [2.45, 2.75) is 12.1 Å². The molecule has 5 aromatic carbocycles. The van der Waals surface area contributed by atoms with Gasteiger partial charge in [0.25, 0.3) is 11.6 Å². The monoisotopic (exact) mass is 585 g/mol. The standard InChI is InChI=1S/C34H23N3O7/c38-32-29-30(22-16-18-26(19-17-22)43-34(40)23-9-2-1-3-10-23)36(24-12-7-13-25(20-24)37(41)42)44-31(29)33(39)35(32)28-15-6-11-21-8-4-5-14-27(21)28/h1-20,29-31H/t29-,30-,31-/m0/s1. The molecule has 0 bridgehead atoms. The summed E-state index contributed by atoms with van der Waals surface area (Å²) in [6.07, 6.45) is -1.17. The number of hydrogen-bond acceptors (Lipinski definition) is 8. The molecule has 216 valence electrons. The number of nitro benzene ring substituents is 1. The van der Waals surface area contributed by atoms with Gasteiger partial charge in [-0.25, -0.2) is 14.8 Å². The largest absolute Gasteiger partial charge is 0.423 e. The number of ether oxygens (including phenoxy) is 1. The second-order valence-electron chi connectivity index (χ2n) is 10.4. The van der Waals surface area contributed by atoms with Crippen molar-refractivity contribution < 1.29 is 28.9 Å². The van der Waals surface area contributed by atoms with Gasteiger partial charge in [-0.2, -0.15) is 0 Å². The van der Waals surface area contributed by atoms with Gasteiger partial charge >= 0.3 is 5.97 Å². The quantitative estimate of drug-likeness (QED) is 0.0781. The zero-order chi connectivity index (χ0) is 30.4. The third kappa shape index (κ3) is 4.54. The minimum atomic E-state index is -1.17. The van der Waals surface area contributed by atoms with Crippen molar-refractivity contribution >= 4 is 45.6 Å². The number of nitro groups is 1. The maximum Gasteiger partial charge on any atom is 0.343 e. The molecule has 2 saturated heterocycles. The van der Waals surface area contributed by atoms with Gasteiger partial charge in [0.05, 0.1) is 27.9 Å². The molecule has 5 aromatic rings. The molecule has 0 aromatic heterocycles. The second kappa shape index (κ2) is 10.8. The lowest BCUT2D eigenvalue weighted by Crippen LogP contribution is -2.37. The normalized spacial score (nSPS) is 19.3. The molecule has 0 aliphatic carbocycles. The van der Waals surface area contributed by atoms with Crippen LogP contribution in [0.1, 0.15) is 22.0 Å². The number of benzene rings is 5. The summed E-state index contributed by atoms with van der Waals surface area (Å²) in [7, 11) is 0. The zero-order valence-corrected chi connectivity index (χ0v) is 23.0. The summed E-state index contributed by atoms with van der Waals surface area (Å²) in [6.45, 7) is 0. The van der Waals surface area contributed by atoms with Crippen LogP contribution >= 0.6 is 0 Å². The first kappa shape index (κ1) is 27.0. The number of imide groups is 1. The lowest BCUT2D eigenvalue weighted by molar-refractivity contribution is -0.384. The third-order valence-corrected chi connectivity index (χ3v) is 7.86. The molecule has 0 N–H and O–H groups in total. The average molecular weight is 586 g/mol. The van der Waals surface area contributed by atoms with Gasteiger partial charge in [0.15, 0.2) is 6.10 Å². The summed E-state index contributed by atoms with van der Waals surface area (Å²) in [4.78, 5) is 59.0. The van der Waals surface area contributed by atoms with Crippen LogP contribution in [0.4, 0.5) is 17.1 Å². The highest BCUT2D eigenvalue weighted by Gasteiger charge is 2.60. The average Bonchev–Trinajstić information content (AvgIpc) is 3.57. The molecule has 0 spiro atoms. The van der Waals surface area contributed by atoms with E-state index in [1.165, 1.54) is 28.2 Å². The van der Waals surface area contributed by atoms with Gasteiger partial charge in [-0.15, -0.1) is 0 Å². The van der Waals surface area contributed by atoms with E-state index < -0.39 is 40.8 Å². The van der Waals surface area contributed by atoms with E-state index >= 15 is 0 Å². The number of non-ortho nitro benzene ring substituents is 1. The fourth-order valence-electron chi connectivity index (χ4n) is 5.83. The Morgan fingerprint density at radius 2 is 1.50 bits per heavy atom. The van der Waals surface area contributed by atoms with E-state index in [0.29, 0.717) is 22.5 Å². The van der Waals surface area contributed by atoms with E-state index in [1.54, 1.807) is 72.8 Å². The van der Waals surface area contributed by atoms with Gasteiger partial charge in [0, 0.05) is 17.5 Å². The van der Waals surface area contributed by atoms with E-state index in [0.717, 1.165) is 10.8 Å². The van der Waals surface area contributed by atoms with Crippen molar-refractivity contribution in [1.29, 1.82) is 0 Å². The van der Waals surface area contributed by atoms with Gasteiger partial charge in [-0.3, -0.25) is 24.5 Å². The van der Waals surface area contributed by atoms with Crippen LogP contribution in [0, 0.1) is 16.0 Å². The zero-order valence-electron chi connectivity index (χ0n) is 23.0. The van der Waals surface area contributed by atoms with Gasteiger partial charge in [-0.05, 0) is 47.3 Å². The molecular weight excluding hydrogens is 562 g/mol. The van der Waals surface area contributed by atoms with Crippen LogP contribution in [0.2, 0.25) is 0 Å². The fraction of sp³-hybridized carbons (Fsp3) is 0.0882. The summed E-state index contributed by atoms with van der Waals surface area (Å²) in [5, 5.41) is 14.6. The van der Waals surface area contributed by atoms with Gasteiger partial charge in [0.2, 0.25) is 5.91 Å². The van der Waals surface area contributed by atoms with Crippen LogP contribution in [0.3, 0.4) is 0 Å². The highest BCUT2D eigenvalue weighted by atomic mass is 16.7.